The van der Waals surface area contributed by atoms with Gasteiger partial charge in [0.1, 0.15) is 0 Å². The van der Waals surface area contributed by atoms with E-state index in [2.05, 4.69) is 20.1 Å². The van der Waals surface area contributed by atoms with E-state index in [1.54, 1.807) is 13.8 Å². The van der Waals surface area contributed by atoms with Crippen LogP contribution in [0.4, 0.5) is 0 Å². The molecular formula is C8H16N6O. The Bertz CT molecular complexity index is 253. The first-order valence-corrected chi connectivity index (χ1v) is 4.76. The number of azide groups is 2. The molecule has 0 aliphatic carbocycles. The van der Waals surface area contributed by atoms with Crippen molar-refractivity contribution in [2.45, 2.75) is 52.0 Å². The Kier molecular flexibility index (Phi) is 6.29. The number of hydrogen-bond acceptors (Lipinski definition) is 3. The van der Waals surface area contributed by atoms with Crippen LogP contribution in [0, 0.1) is 0 Å². The van der Waals surface area contributed by atoms with Crippen molar-refractivity contribution >= 4 is 0 Å². The Hall–Kier alpha value is -1.42. The van der Waals surface area contributed by atoms with Crippen molar-refractivity contribution in [1.29, 1.82) is 0 Å². The largest absolute Gasteiger partial charge is 0.375 e. The van der Waals surface area contributed by atoms with Gasteiger partial charge >= 0.3 is 0 Å². The lowest BCUT2D eigenvalue weighted by molar-refractivity contribution is -0.0116. The van der Waals surface area contributed by atoms with Gasteiger partial charge in [0.15, 0.2) is 0 Å². The van der Waals surface area contributed by atoms with Crippen LogP contribution < -0.4 is 0 Å². The number of hydrogen-bond donors (Lipinski definition) is 0. The summed E-state index contributed by atoms with van der Waals surface area (Å²) in [7, 11) is 0. The lowest BCUT2D eigenvalue weighted by Crippen LogP contribution is -2.30. The smallest absolute Gasteiger partial charge is 0.0632 e. The molecule has 0 heterocycles. The van der Waals surface area contributed by atoms with Gasteiger partial charge in [-0.15, -0.1) is 0 Å². The van der Waals surface area contributed by atoms with E-state index >= 15 is 0 Å². The summed E-state index contributed by atoms with van der Waals surface area (Å²) in [5, 5.41) is 7.07. The van der Waals surface area contributed by atoms with E-state index in [1.807, 2.05) is 13.8 Å². The minimum Gasteiger partial charge on any atom is -0.375 e. The van der Waals surface area contributed by atoms with Crippen molar-refractivity contribution in [1.82, 2.24) is 0 Å². The van der Waals surface area contributed by atoms with Crippen molar-refractivity contribution in [3.63, 3.8) is 0 Å². The monoisotopic (exact) mass is 212 g/mol. The van der Waals surface area contributed by atoms with Crippen LogP contribution in [0.25, 0.3) is 20.9 Å². The molecule has 0 aliphatic heterocycles. The molecule has 0 radical (unpaired) electrons. The van der Waals surface area contributed by atoms with Crippen LogP contribution in [0.15, 0.2) is 10.2 Å². The third-order valence-electron chi connectivity index (χ3n) is 2.26. The second-order valence-electron chi connectivity index (χ2n) is 3.44. The summed E-state index contributed by atoms with van der Waals surface area (Å²) in [5.41, 5.74) is 16.5. The van der Waals surface area contributed by atoms with Crippen LogP contribution in [0.3, 0.4) is 0 Å². The predicted octanol–water partition coefficient (Wildman–Crippen LogP) is 3.18. The second-order valence-corrected chi connectivity index (χ2v) is 3.44. The lowest BCUT2D eigenvalue weighted by Gasteiger charge is -2.23. The second kappa shape index (κ2) is 6.95. The van der Waals surface area contributed by atoms with Crippen molar-refractivity contribution < 1.29 is 4.74 Å². The van der Waals surface area contributed by atoms with E-state index in [0.29, 0.717) is 0 Å². The van der Waals surface area contributed by atoms with Gasteiger partial charge in [0.2, 0.25) is 0 Å². The zero-order chi connectivity index (χ0) is 11.8. The highest BCUT2D eigenvalue weighted by Gasteiger charge is 2.18. The molecule has 0 spiro atoms. The highest BCUT2D eigenvalue weighted by atomic mass is 16.5. The van der Waals surface area contributed by atoms with Crippen LogP contribution in [-0.4, -0.2) is 24.3 Å². The Morgan fingerprint density at radius 1 is 0.867 bits per heavy atom. The van der Waals surface area contributed by atoms with Gasteiger partial charge in [-0.2, -0.15) is 0 Å². The first-order chi connectivity index (χ1) is 7.02. The molecule has 0 aliphatic rings. The van der Waals surface area contributed by atoms with Crippen LogP contribution in [0.1, 0.15) is 27.7 Å². The molecule has 84 valence electrons. The summed E-state index contributed by atoms with van der Waals surface area (Å²) in [6.45, 7) is 7.18. The summed E-state index contributed by atoms with van der Waals surface area (Å²) < 4.78 is 5.55. The van der Waals surface area contributed by atoms with Crippen molar-refractivity contribution in [3.05, 3.63) is 20.9 Å². The van der Waals surface area contributed by atoms with E-state index in [-0.39, 0.29) is 24.3 Å². The van der Waals surface area contributed by atoms with E-state index in [9.17, 15) is 0 Å². The van der Waals surface area contributed by atoms with E-state index < -0.39 is 0 Å². The standard InChI is InChI=1S/C8H16N6O/c1-5(11-13-9)7(3)15-8(4)6(2)12-14-10/h5-8H,1-4H3. The molecule has 7 heteroatoms. The molecule has 15 heavy (non-hydrogen) atoms. The van der Waals surface area contributed by atoms with E-state index in [0.717, 1.165) is 0 Å². The van der Waals surface area contributed by atoms with Gasteiger partial charge in [-0.25, -0.2) is 0 Å². The van der Waals surface area contributed by atoms with Crippen molar-refractivity contribution in [2.75, 3.05) is 0 Å². The topological polar surface area (TPSA) is 107 Å². The first-order valence-electron chi connectivity index (χ1n) is 4.76. The normalized spacial score (nSPS) is 17.9. The van der Waals surface area contributed by atoms with Gasteiger partial charge in [-0.1, -0.05) is 24.1 Å². The molecule has 0 aromatic carbocycles. The molecular weight excluding hydrogens is 196 g/mol. The summed E-state index contributed by atoms with van der Waals surface area (Å²) in [6.07, 6.45) is -0.403. The van der Waals surface area contributed by atoms with Gasteiger partial charge in [0.05, 0.1) is 24.3 Å². The number of nitrogens with zero attached hydrogens (tertiary/aromatic N) is 6. The lowest BCUT2D eigenvalue weighted by atomic mass is 10.2. The molecule has 0 saturated carbocycles. The summed E-state index contributed by atoms with van der Waals surface area (Å²) in [6, 6.07) is -0.480. The molecule has 7 nitrogen and oxygen atoms in total. The molecule has 4 atom stereocenters. The third kappa shape index (κ3) is 5.12. The summed E-state index contributed by atoms with van der Waals surface area (Å²) >= 11 is 0. The van der Waals surface area contributed by atoms with Crippen LogP contribution >= 0.6 is 0 Å². The zero-order valence-electron chi connectivity index (χ0n) is 9.40. The molecule has 0 aromatic heterocycles. The van der Waals surface area contributed by atoms with E-state index in [1.165, 1.54) is 0 Å². The Morgan fingerprint density at radius 3 is 1.47 bits per heavy atom. The molecule has 0 amide bonds. The fourth-order valence-electron chi connectivity index (χ4n) is 0.917. The fraction of sp³-hybridized carbons (Fsp3) is 1.00. The predicted molar refractivity (Wildman–Crippen MR) is 57.2 cm³/mol. The maximum Gasteiger partial charge on any atom is 0.0632 e. The van der Waals surface area contributed by atoms with Gasteiger partial charge in [0.25, 0.3) is 0 Å². The molecule has 0 rings (SSSR count). The van der Waals surface area contributed by atoms with Crippen LogP contribution in [0.5, 0.6) is 0 Å². The molecule has 0 fully saturated rings. The van der Waals surface area contributed by atoms with Gasteiger partial charge < -0.3 is 4.74 Å². The first kappa shape index (κ1) is 13.6. The maximum atomic E-state index is 8.25. The maximum absolute atomic E-state index is 8.25. The van der Waals surface area contributed by atoms with Crippen LogP contribution in [0.2, 0.25) is 0 Å². The minimum absolute atomic E-state index is 0.202. The number of rotatable bonds is 6. The molecule has 4 unspecified atom stereocenters. The van der Waals surface area contributed by atoms with E-state index in [4.69, 9.17) is 15.8 Å². The average molecular weight is 212 g/mol. The third-order valence-corrected chi connectivity index (χ3v) is 2.26. The molecule has 0 saturated heterocycles. The summed E-state index contributed by atoms with van der Waals surface area (Å²) in [4.78, 5) is 5.42. The minimum atomic E-state index is -0.240. The Labute approximate surface area is 88.7 Å². The molecule has 0 aromatic rings. The quantitative estimate of drug-likeness (QED) is 0.376. The zero-order valence-corrected chi connectivity index (χ0v) is 9.40. The fourth-order valence-corrected chi connectivity index (χ4v) is 0.917. The molecule has 0 N–H and O–H groups in total. The highest BCUT2D eigenvalue weighted by molar-refractivity contribution is 4.74. The average Bonchev–Trinajstić information content (AvgIpc) is 2.18. The molecule has 0 bridgehead atoms. The van der Waals surface area contributed by atoms with Crippen molar-refractivity contribution in [2.24, 2.45) is 10.2 Å². The summed E-state index contributed by atoms with van der Waals surface area (Å²) in [5.74, 6) is 0. The van der Waals surface area contributed by atoms with Gasteiger partial charge in [-0.05, 0) is 24.9 Å². The Balaban J connectivity index is 4.21. The SMILES string of the molecule is CC(N=[N+]=[N-])C(C)OC(C)C(C)N=[N+]=[N-]. The Morgan fingerprint density at radius 2 is 1.20 bits per heavy atom. The van der Waals surface area contributed by atoms with Gasteiger partial charge in [0, 0.05) is 9.82 Å². The van der Waals surface area contributed by atoms with Crippen LogP contribution in [-0.2, 0) is 4.74 Å². The highest BCUT2D eigenvalue weighted by Crippen LogP contribution is 2.10. The van der Waals surface area contributed by atoms with Gasteiger partial charge in [-0.3, -0.25) is 0 Å². The number of ether oxygens (including phenoxy) is 1. The van der Waals surface area contributed by atoms with Crippen molar-refractivity contribution in [3.8, 4) is 0 Å².